The molecule has 0 N–H and O–H groups in total. The Labute approximate surface area is 204 Å². The van der Waals surface area contributed by atoms with Gasteiger partial charge in [0.2, 0.25) is 15.9 Å². The van der Waals surface area contributed by atoms with Crippen LogP contribution in [0.4, 0.5) is 26.3 Å². The molecule has 5 nitrogen and oxygen atoms in total. The van der Waals surface area contributed by atoms with E-state index in [4.69, 9.17) is 0 Å². The molecule has 2 aliphatic rings. The Hall–Kier alpha value is -2.60. The number of carbonyl (C=O) groups is 1. The van der Waals surface area contributed by atoms with Crippen LogP contribution >= 0.6 is 0 Å². The molecule has 1 amide bonds. The molecule has 0 spiro atoms. The summed E-state index contributed by atoms with van der Waals surface area (Å²) < 4.78 is 106. The van der Waals surface area contributed by atoms with Crippen LogP contribution in [0.25, 0.3) is 0 Å². The van der Waals surface area contributed by atoms with Gasteiger partial charge in [-0.05, 0) is 67.1 Å². The predicted molar refractivity (Wildman–Crippen MR) is 119 cm³/mol. The van der Waals surface area contributed by atoms with Crippen LogP contribution in [0.5, 0.6) is 0 Å². The van der Waals surface area contributed by atoms with E-state index in [1.54, 1.807) is 6.92 Å². The largest absolute Gasteiger partial charge is 0.416 e. The maximum absolute atomic E-state index is 13.4. The number of piperazine rings is 1. The summed E-state index contributed by atoms with van der Waals surface area (Å²) in [6.07, 6.45) is -7.92. The number of rotatable bonds is 5. The first kappa shape index (κ1) is 26.5. The number of hydrogen-bond acceptors (Lipinski definition) is 3. The van der Waals surface area contributed by atoms with Gasteiger partial charge in [0, 0.05) is 25.7 Å². The highest BCUT2D eigenvalue weighted by Crippen LogP contribution is 2.43. The summed E-state index contributed by atoms with van der Waals surface area (Å²) in [5.74, 6) is -0.464. The van der Waals surface area contributed by atoms with Gasteiger partial charge in [0.1, 0.15) is 0 Å². The van der Waals surface area contributed by atoms with Gasteiger partial charge < -0.3 is 4.90 Å². The minimum Gasteiger partial charge on any atom is -0.337 e. The molecule has 2 aromatic rings. The molecule has 0 radical (unpaired) electrons. The monoisotopic (exact) mass is 534 g/mol. The first-order valence-corrected chi connectivity index (χ1v) is 12.8. The molecule has 0 aromatic heterocycles. The van der Waals surface area contributed by atoms with Crippen molar-refractivity contribution < 1.29 is 39.6 Å². The van der Waals surface area contributed by atoms with Gasteiger partial charge in [0.15, 0.2) is 0 Å². The molecule has 0 bridgehead atoms. The van der Waals surface area contributed by atoms with Gasteiger partial charge in [-0.3, -0.25) is 4.79 Å². The molecule has 4 rings (SSSR count). The summed E-state index contributed by atoms with van der Waals surface area (Å²) in [6.45, 7) is 1.40. The van der Waals surface area contributed by atoms with Gasteiger partial charge in [0.05, 0.1) is 22.4 Å². The van der Waals surface area contributed by atoms with E-state index in [2.05, 4.69) is 0 Å². The molecule has 12 heteroatoms. The molecular formula is C24H24F6N2O3S. The van der Waals surface area contributed by atoms with Crippen molar-refractivity contribution in [1.82, 2.24) is 9.21 Å². The van der Waals surface area contributed by atoms with Crippen LogP contribution in [0.3, 0.4) is 0 Å². The smallest absolute Gasteiger partial charge is 0.337 e. The fraction of sp³-hybridized carbons (Fsp3) is 0.458. The SMILES string of the molecule is CC1CN(S(=O)(=O)c2cc(C3CC3)cc(C(F)(F)F)c2)CCN1C(=O)Cc1ccc(C(F)(F)F)cc1. The van der Waals surface area contributed by atoms with Crippen LogP contribution in [0.15, 0.2) is 47.4 Å². The Morgan fingerprint density at radius 1 is 0.917 bits per heavy atom. The Balaban J connectivity index is 1.47. The molecule has 1 unspecified atom stereocenters. The summed E-state index contributed by atoms with van der Waals surface area (Å²) in [6, 6.07) is 6.58. The second-order valence-corrected chi connectivity index (χ2v) is 11.2. The van der Waals surface area contributed by atoms with E-state index < -0.39 is 44.4 Å². The maximum atomic E-state index is 13.4. The molecule has 2 fully saturated rings. The summed E-state index contributed by atoms with van der Waals surface area (Å²) in [5.41, 5.74) is -1.11. The molecular weight excluding hydrogens is 510 g/mol. The lowest BCUT2D eigenvalue weighted by molar-refractivity contribution is -0.138. The van der Waals surface area contributed by atoms with Crippen molar-refractivity contribution in [3.05, 3.63) is 64.7 Å². The summed E-state index contributed by atoms with van der Waals surface area (Å²) in [4.78, 5) is 13.8. The molecule has 1 saturated heterocycles. The third kappa shape index (κ3) is 5.69. The number of carbonyl (C=O) groups excluding carboxylic acids is 1. The summed E-state index contributed by atoms with van der Waals surface area (Å²) in [7, 11) is -4.24. The predicted octanol–water partition coefficient (Wildman–Crippen LogP) is 5.07. The highest BCUT2D eigenvalue weighted by Gasteiger charge is 2.38. The normalized spacial score (nSPS) is 20.0. The first-order valence-electron chi connectivity index (χ1n) is 11.3. The topological polar surface area (TPSA) is 57.7 Å². The lowest BCUT2D eigenvalue weighted by atomic mass is 10.1. The average Bonchev–Trinajstić information content (AvgIpc) is 3.63. The fourth-order valence-corrected chi connectivity index (χ4v) is 5.93. The molecule has 196 valence electrons. The lowest BCUT2D eigenvalue weighted by Gasteiger charge is -2.39. The second-order valence-electron chi connectivity index (χ2n) is 9.23. The first-order chi connectivity index (χ1) is 16.7. The van der Waals surface area contributed by atoms with E-state index in [0.29, 0.717) is 30.0 Å². The van der Waals surface area contributed by atoms with Gasteiger partial charge in [-0.15, -0.1) is 0 Å². The van der Waals surface area contributed by atoms with Crippen LogP contribution in [0.2, 0.25) is 0 Å². The zero-order chi connectivity index (χ0) is 26.5. The van der Waals surface area contributed by atoms with Gasteiger partial charge in [-0.2, -0.15) is 30.6 Å². The van der Waals surface area contributed by atoms with Crippen LogP contribution in [-0.4, -0.2) is 49.2 Å². The van der Waals surface area contributed by atoms with Gasteiger partial charge >= 0.3 is 12.4 Å². The highest BCUT2D eigenvalue weighted by molar-refractivity contribution is 7.89. The van der Waals surface area contributed by atoms with E-state index in [-0.39, 0.29) is 37.9 Å². The number of benzene rings is 2. The minimum absolute atomic E-state index is 0.00824. The Kier molecular flexibility index (Phi) is 6.89. The van der Waals surface area contributed by atoms with Crippen molar-refractivity contribution in [3.8, 4) is 0 Å². The van der Waals surface area contributed by atoms with E-state index in [1.165, 1.54) is 23.1 Å². The van der Waals surface area contributed by atoms with Gasteiger partial charge in [-0.1, -0.05) is 12.1 Å². The number of halogens is 6. The summed E-state index contributed by atoms with van der Waals surface area (Å²) >= 11 is 0. The fourth-order valence-electron chi connectivity index (χ4n) is 4.34. The maximum Gasteiger partial charge on any atom is 0.416 e. The third-order valence-electron chi connectivity index (χ3n) is 6.49. The van der Waals surface area contributed by atoms with E-state index in [1.807, 2.05) is 0 Å². The zero-order valence-electron chi connectivity index (χ0n) is 19.2. The molecule has 1 heterocycles. The Bertz CT molecular complexity index is 1240. The summed E-state index contributed by atoms with van der Waals surface area (Å²) in [5, 5.41) is 0. The lowest BCUT2D eigenvalue weighted by Crippen LogP contribution is -2.55. The van der Waals surface area contributed by atoms with Gasteiger partial charge in [0.25, 0.3) is 0 Å². The average molecular weight is 535 g/mol. The van der Waals surface area contributed by atoms with E-state index in [0.717, 1.165) is 22.5 Å². The standard InChI is InChI=1S/C24H24F6N2O3S/c1-15-14-31(8-9-32(15)22(33)10-16-2-6-19(7-3-16)23(25,26)27)36(34,35)21-12-18(17-4-5-17)11-20(13-21)24(28,29)30/h2-3,6-7,11-13,15,17H,4-5,8-10,14H2,1H3. The molecule has 1 aliphatic heterocycles. The third-order valence-corrected chi connectivity index (χ3v) is 8.33. The molecule has 1 atom stereocenters. The van der Waals surface area contributed by atoms with Crippen molar-refractivity contribution in [2.24, 2.45) is 0 Å². The number of alkyl halides is 6. The molecule has 36 heavy (non-hydrogen) atoms. The number of hydrogen-bond donors (Lipinski definition) is 0. The van der Waals surface area contributed by atoms with Crippen LogP contribution < -0.4 is 0 Å². The minimum atomic E-state index is -4.69. The van der Waals surface area contributed by atoms with Crippen molar-refractivity contribution in [2.45, 2.75) is 55.4 Å². The van der Waals surface area contributed by atoms with Crippen molar-refractivity contribution >= 4 is 15.9 Å². The second kappa shape index (κ2) is 9.37. The van der Waals surface area contributed by atoms with Crippen molar-refractivity contribution in [2.75, 3.05) is 19.6 Å². The van der Waals surface area contributed by atoms with Crippen molar-refractivity contribution in [1.29, 1.82) is 0 Å². The molecule has 2 aromatic carbocycles. The quantitative estimate of drug-likeness (QED) is 0.504. The van der Waals surface area contributed by atoms with Crippen LogP contribution in [-0.2, 0) is 33.6 Å². The highest BCUT2D eigenvalue weighted by atomic mass is 32.2. The Morgan fingerprint density at radius 2 is 1.53 bits per heavy atom. The Morgan fingerprint density at radius 3 is 2.06 bits per heavy atom. The zero-order valence-corrected chi connectivity index (χ0v) is 20.1. The van der Waals surface area contributed by atoms with Gasteiger partial charge in [-0.25, -0.2) is 8.42 Å². The number of nitrogens with zero attached hydrogens (tertiary/aromatic N) is 2. The van der Waals surface area contributed by atoms with Crippen molar-refractivity contribution in [3.63, 3.8) is 0 Å². The number of sulfonamides is 1. The molecule has 1 saturated carbocycles. The number of amides is 1. The van der Waals surface area contributed by atoms with Crippen LogP contribution in [0, 0.1) is 0 Å². The van der Waals surface area contributed by atoms with E-state index >= 15 is 0 Å². The van der Waals surface area contributed by atoms with E-state index in [9.17, 15) is 39.6 Å². The van der Waals surface area contributed by atoms with Crippen LogP contribution in [0.1, 0.15) is 47.9 Å². The molecule has 1 aliphatic carbocycles.